The maximum absolute atomic E-state index is 12.0. The van der Waals surface area contributed by atoms with Crippen molar-refractivity contribution in [3.05, 3.63) is 53.1 Å². The fourth-order valence-corrected chi connectivity index (χ4v) is 3.06. The van der Waals surface area contributed by atoms with E-state index in [9.17, 15) is 9.90 Å². The molecule has 0 aliphatic carbocycles. The zero-order valence-electron chi connectivity index (χ0n) is 16.8. The van der Waals surface area contributed by atoms with Gasteiger partial charge in [0.2, 0.25) is 5.88 Å². The molecule has 0 aliphatic heterocycles. The van der Waals surface area contributed by atoms with Gasteiger partial charge in [-0.1, -0.05) is 44.5 Å². The number of aryl methyl sites for hydroxylation is 2. The molecule has 6 heteroatoms. The van der Waals surface area contributed by atoms with Gasteiger partial charge in [0, 0.05) is 5.39 Å². The van der Waals surface area contributed by atoms with Crippen molar-refractivity contribution in [1.29, 1.82) is 0 Å². The summed E-state index contributed by atoms with van der Waals surface area (Å²) in [7, 11) is 0. The van der Waals surface area contributed by atoms with Crippen LogP contribution in [0.5, 0.6) is 11.6 Å². The molecule has 0 saturated heterocycles. The number of hydrogen-bond acceptors (Lipinski definition) is 4. The van der Waals surface area contributed by atoms with E-state index in [0.29, 0.717) is 5.75 Å². The number of amides is 1. The van der Waals surface area contributed by atoms with E-state index < -0.39 is 5.91 Å². The average molecular weight is 379 g/mol. The number of hydrogen-bond donors (Lipinski definition) is 2. The van der Waals surface area contributed by atoms with E-state index in [0.717, 1.165) is 22.0 Å². The van der Waals surface area contributed by atoms with Crippen LogP contribution < -0.4 is 4.74 Å². The minimum absolute atomic E-state index is 0.0562. The Morgan fingerprint density at radius 1 is 1.14 bits per heavy atom. The summed E-state index contributed by atoms with van der Waals surface area (Å²) in [5, 5.41) is 18.5. The number of nitrogens with zero attached hydrogens (tertiary/aromatic N) is 2. The van der Waals surface area contributed by atoms with E-state index in [4.69, 9.17) is 4.74 Å². The quantitative estimate of drug-likeness (QED) is 0.589. The number of fused-ring (bicyclic) bond motifs is 1. The van der Waals surface area contributed by atoms with E-state index in [1.165, 1.54) is 5.56 Å². The second-order valence-corrected chi connectivity index (χ2v) is 7.98. The highest BCUT2D eigenvalue weighted by Gasteiger charge is 2.14. The Bertz CT molecular complexity index is 1040. The monoisotopic (exact) mass is 379 g/mol. The van der Waals surface area contributed by atoms with Gasteiger partial charge in [-0.3, -0.25) is 4.79 Å². The number of H-pyrrole nitrogens is 1. The first-order chi connectivity index (χ1) is 13.1. The molecule has 3 aromatic rings. The van der Waals surface area contributed by atoms with Gasteiger partial charge in [0.25, 0.3) is 0 Å². The van der Waals surface area contributed by atoms with Gasteiger partial charge in [0.15, 0.2) is 12.3 Å². The zero-order valence-corrected chi connectivity index (χ0v) is 16.8. The summed E-state index contributed by atoms with van der Waals surface area (Å²) < 4.78 is 5.49. The van der Waals surface area contributed by atoms with Crippen molar-refractivity contribution in [2.45, 2.75) is 40.0 Å². The van der Waals surface area contributed by atoms with Crippen LogP contribution in [0.4, 0.5) is 5.69 Å². The van der Waals surface area contributed by atoms with Crippen molar-refractivity contribution < 1.29 is 14.6 Å². The summed E-state index contributed by atoms with van der Waals surface area (Å²) in [6, 6.07) is 11.5. The van der Waals surface area contributed by atoms with Gasteiger partial charge in [0.1, 0.15) is 5.75 Å². The second kappa shape index (κ2) is 7.46. The maximum Gasteiger partial charge on any atom is 0.302 e. The summed E-state index contributed by atoms with van der Waals surface area (Å²) in [4.78, 5) is 14.9. The van der Waals surface area contributed by atoms with Crippen molar-refractivity contribution in [2.75, 3.05) is 6.61 Å². The number of aromatic hydroxyl groups is 1. The molecule has 0 spiro atoms. The van der Waals surface area contributed by atoms with Gasteiger partial charge < -0.3 is 14.8 Å². The van der Waals surface area contributed by atoms with Crippen LogP contribution in [0.15, 0.2) is 46.6 Å². The largest absolute Gasteiger partial charge is 0.493 e. The molecule has 3 rings (SSSR count). The number of nitrogens with one attached hydrogen (secondary N) is 1. The first-order valence-electron chi connectivity index (χ1n) is 9.15. The van der Waals surface area contributed by atoms with Crippen molar-refractivity contribution in [2.24, 2.45) is 10.2 Å². The molecule has 146 valence electrons. The maximum atomic E-state index is 12.0. The van der Waals surface area contributed by atoms with Crippen LogP contribution in [0.25, 0.3) is 10.9 Å². The number of ether oxygens (including phenoxy) is 1. The number of rotatable bonds is 4. The van der Waals surface area contributed by atoms with E-state index in [1.807, 2.05) is 50.2 Å². The molecule has 1 heterocycles. The molecule has 2 aromatic carbocycles. The Kier molecular flexibility index (Phi) is 5.23. The van der Waals surface area contributed by atoms with Crippen LogP contribution in [0.1, 0.15) is 37.5 Å². The van der Waals surface area contributed by atoms with Crippen molar-refractivity contribution in [1.82, 2.24) is 4.98 Å². The Labute approximate surface area is 164 Å². The van der Waals surface area contributed by atoms with Crippen molar-refractivity contribution in [3.8, 4) is 11.6 Å². The van der Waals surface area contributed by atoms with Crippen LogP contribution in [0.3, 0.4) is 0 Å². The smallest absolute Gasteiger partial charge is 0.302 e. The lowest BCUT2D eigenvalue weighted by atomic mass is 9.87. The first-order valence-corrected chi connectivity index (χ1v) is 9.15. The number of carbonyl (C=O) groups is 1. The van der Waals surface area contributed by atoms with Gasteiger partial charge in [-0.2, -0.15) is 0 Å². The van der Waals surface area contributed by atoms with Gasteiger partial charge in [-0.25, -0.2) is 0 Å². The summed E-state index contributed by atoms with van der Waals surface area (Å²) >= 11 is 0. The Hall–Kier alpha value is -3.15. The Morgan fingerprint density at radius 2 is 1.82 bits per heavy atom. The lowest BCUT2D eigenvalue weighted by Gasteiger charge is -2.19. The second-order valence-electron chi connectivity index (χ2n) is 7.98. The number of aromatic amines is 1. The third-order valence-corrected chi connectivity index (χ3v) is 4.55. The molecule has 2 N–H and O–H groups in total. The summed E-state index contributed by atoms with van der Waals surface area (Å²) in [5.41, 5.74) is 4.30. The number of aromatic nitrogens is 1. The molecule has 0 fully saturated rings. The molecule has 0 aliphatic rings. The minimum atomic E-state index is -0.530. The lowest BCUT2D eigenvalue weighted by Crippen LogP contribution is -2.11. The third kappa shape index (κ3) is 4.22. The molecule has 0 saturated carbocycles. The predicted molar refractivity (Wildman–Crippen MR) is 110 cm³/mol. The van der Waals surface area contributed by atoms with E-state index >= 15 is 0 Å². The summed E-state index contributed by atoms with van der Waals surface area (Å²) in [6.07, 6.45) is 0. The zero-order chi connectivity index (χ0) is 20.5. The molecule has 0 bridgehead atoms. The summed E-state index contributed by atoms with van der Waals surface area (Å²) in [5.74, 6) is -0.0466. The molecule has 1 amide bonds. The standard InChI is InChI=1S/C22H25N3O3/c1-13-10-14(2)19-17(11-13)20(21(27)23-19)25-24-18(26)12-28-16-8-6-15(7-9-16)22(3,4)5/h6-11,23,27H,12H2,1-5H3. The fourth-order valence-electron chi connectivity index (χ4n) is 3.06. The van der Waals surface area contributed by atoms with Crippen LogP contribution in [0.2, 0.25) is 0 Å². The molecular weight excluding hydrogens is 354 g/mol. The molecule has 1 aromatic heterocycles. The Balaban J connectivity index is 1.69. The minimum Gasteiger partial charge on any atom is -0.493 e. The molecule has 0 atom stereocenters. The highest BCUT2D eigenvalue weighted by Crippen LogP contribution is 2.37. The highest BCUT2D eigenvalue weighted by atomic mass is 16.5. The fraction of sp³-hybridized carbons (Fsp3) is 0.318. The molecule has 28 heavy (non-hydrogen) atoms. The predicted octanol–water partition coefficient (Wildman–Crippen LogP) is 5.48. The number of benzene rings is 2. The van der Waals surface area contributed by atoms with Gasteiger partial charge >= 0.3 is 5.91 Å². The van der Waals surface area contributed by atoms with Crippen LogP contribution in [-0.2, 0) is 10.2 Å². The number of azo groups is 1. The topological polar surface area (TPSA) is 87.0 Å². The number of carbonyl (C=O) groups excluding carboxylic acids is 1. The van der Waals surface area contributed by atoms with Gasteiger partial charge in [-0.15, -0.1) is 10.2 Å². The van der Waals surface area contributed by atoms with Crippen LogP contribution in [-0.4, -0.2) is 22.6 Å². The lowest BCUT2D eigenvalue weighted by molar-refractivity contribution is -0.120. The van der Waals surface area contributed by atoms with Gasteiger partial charge in [0.05, 0.1) is 5.52 Å². The van der Waals surface area contributed by atoms with Crippen LogP contribution in [0, 0.1) is 13.8 Å². The van der Waals surface area contributed by atoms with E-state index in [1.54, 1.807) is 0 Å². The molecular formula is C22H25N3O3. The molecule has 0 unspecified atom stereocenters. The third-order valence-electron chi connectivity index (χ3n) is 4.55. The Morgan fingerprint density at radius 3 is 2.46 bits per heavy atom. The SMILES string of the molecule is Cc1cc(C)c2[nH]c(O)c(N=NC(=O)COc3ccc(C(C)(C)C)cc3)c2c1. The van der Waals surface area contributed by atoms with Crippen molar-refractivity contribution >= 4 is 22.5 Å². The van der Waals surface area contributed by atoms with Crippen molar-refractivity contribution in [3.63, 3.8) is 0 Å². The van der Waals surface area contributed by atoms with E-state index in [2.05, 4.69) is 36.0 Å². The average Bonchev–Trinajstić information content (AvgIpc) is 2.93. The van der Waals surface area contributed by atoms with Crippen LogP contribution >= 0.6 is 0 Å². The first kappa shape index (κ1) is 19.6. The van der Waals surface area contributed by atoms with E-state index in [-0.39, 0.29) is 23.6 Å². The summed E-state index contributed by atoms with van der Waals surface area (Å²) in [6.45, 7) is 10.1. The normalized spacial score (nSPS) is 12.0. The highest BCUT2D eigenvalue weighted by molar-refractivity contribution is 5.96. The van der Waals surface area contributed by atoms with Gasteiger partial charge in [-0.05, 0) is 48.6 Å². The molecule has 0 radical (unpaired) electrons. The molecule has 6 nitrogen and oxygen atoms in total.